The highest BCUT2D eigenvalue weighted by atomic mass is 32.1. The summed E-state index contributed by atoms with van der Waals surface area (Å²) in [7, 11) is 1.96. The maximum atomic E-state index is 4.80. The van der Waals surface area contributed by atoms with E-state index in [0.717, 1.165) is 36.2 Å². The minimum absolute atomic E-state index is 0.364. The van der Waals surface area contributed by atoms with Crippen molar-refractivity contribution in [3.8, 4) is 0 Å². The van der Waals surface area contributed by atoms with Gasteiger partial charge >= 0.3 is 0 Å². The van der Waals surface area contributed by atoms with Crippen LogP contribution < -0.4 is 5.32 Å². The zero-order valence-corrected chi connectivity index (χ0v) is 15.0. The Kier molecular flexibility index (Phi) is 4.71. The Morgan fingerprint density at radius 1 is 1.28 bits per heavy atom. The molecule has 1 fully saturated rings. The molecule has 0 amide bonds. The van der Waals surface area contributed by atoms with E-state index in [1.54, 1.807) is 29.9 Å². The Labute approximate surface area is 150 Å². The number of nitrogens with zero attached hydrogens (tertiary/aromatic N) is 6. The minimum Gasteiger partial charge on any atom is -0.315 e. The van der Waals surface area contributed by atoms with Gasteiger partial charge in [0.15, 0.2) is 10.9 Å². The van der Waals surface area contributed by atoms with Crippen molar-refractivity contribution in [1.29, 1.82) is 0 Å². The van der Waals surface area contributed by atoms with E-state index in [1.165, 1.54) is 18.4 Å². The lowest BCUT2D eigenvalue weighted by Crippen LogP contribution is -2.33. The molecule has 0 radical (unpaired) electrons. The number of hydrogen-bond acceptors (Lipinski definition) is 7. The summed E-state index contributed by atoms with van der Waals surface area (Å²) in [6.07, 6.45) is 12.7. The van der Waals surface area contributed by atoms with E-state index in [0.29, 0.717) is 6.04 Å². The summed E-state index contributed by atoms with van der Waals surface area (Å²) in [5.41, 5.74) is 2.39. The molecule has 1 aliphatic heterocycles. The van der Waals surface area contributed by atoms with E-state index in [1.807, 2.05) is 17.9 Å². The molecular formula is C17H21N7S. The number of hydrogen-bond donors (Lipinski definition) is 1. The number of aromatic nitrogens is 5. The number of nitrogens with one attached hydrogen (secondary N) is 1. The second-order valence-corrected chi connectivity index (χ2v) is 7.16. The molecule has 3 aromatic rings. The van der Waals surface area contributed by atoms with Crippen molar-refractivity contribution in [1.82, 2.24) is 29.6 Å². The molecule has 0 unspecified atom stereocenters. The number of rotatable bonds is 5. The van der Waals surface area contributed by atoms with Gasteiger partial charge in [-0.15, -0.1) is 11.3 Å². The Morgan fingerprint density at radius 2 is 2.24 bits per heavy atom. The summed E-state index contributed by atoms with van der Waals surface area (Å²) in [4.78, 5) is 15.6. The van der Waals surface area contributed by atoms with Gasteiger partial charge in [-0.3, -0.25) is 14.6 Å². The van der Waals surface area contributed by atoms with Crippen molar-refractivity contribution >= 4 is 22.3 Å². The molecule has 1 aliphatic rings. The summed E-state index contributed by atoms with van der Waals surface area (Å²) in [6, 6.07) is 0.364. The molecule has 3 aromatic heterocycles. The first-order chi connectivity index (χ1) is 12.3. The molecule has 130 valence electrons. The molecule has 0 bridgehead atoms. The number of likely N-dealkylation sites (tertiary alicyclic amines) is 1. The lowest BCUT2D eigenvalue weighted by Gasteiger charge is -2.34. The van der Waals surface area contributed by atoms with Crippen molar-refractivity contribution < 1.29 is 0 Å². The van der Waals surface area contributed by atoms with Gasteiger partial charge in [0.25, 0.3) is 0 Å². The van der Waals surface area contributed by atoms with Gasteiger partial charge in [-0.1, -0.05) is 6.42 Å². The molecule has 0 spiro atoms. The van der Waals surface area contributed by atoms with Crippen LogP contribution in [0.25, 0.3) is 0 Å². The van der Waals surface area contributed by atoms with E-state index >= 15 is 0 Å². The average Bonchev–Trinajstić information content (AvgIpc) is 3.25. The van der Waals surface area contributed by atoms with Gasteiger partial charge in [-0.2, -0.15) is 5.10 Å². The lowest BCUT2D eigenvalue weighted by atomic mass is 9.99. The normalized spacial score (nSPS) is 18.4. The molecule has 0 aromatic carbocycles. The molecule has 25 heavy (non-hydrogen) atoms. The zero-order chi connectivity index (χ0) is 17.1. The third-order valence-electron chi connectivity index (χ3n) is 4.42. The van der Waals surface area contributed by atoms with Crippen LogP contribution in [0.4, 0.5) is 10.9 Å². The fraction of sp³-hybridized carbons (Fsp3) is 0.412. The van der Waals surface area contributed by atoms with Crippen LogP contribution in [-0.4, -0.2) is 36.2 Å². The fourth-order valence-corrected chi connectivity index (χ4v) is 4.04. The smallest absolute Gasteiger partial charge is 0.188 e. The van der Waals surface area contributed by atoms with E-state index in [2.05, 4.69) is 36.9 Å². The van der Waals surface area contributed by atoms with Crippen molar-refractivity contribution in [2.24, 2.45) is 7.05 Å². The van der Waals surface area contributed by atoms with Crippen molar-refractivity contribution in [3.05, 3.63) is 47.6 Å². The Balaban J connectivity index is 1.48. The predicted octanol–water partition coefficient (Wildman–Crippen LogP) is 3.14. The minimum atomic E-state index is 0.364. The molecule has 8 heteroatoms. The quantitative estimate of drug-likeness (QED) is 0.758. The van der Waals surface area contributed by atoms with Crippen LogP contribution in [0.5, 0.6) is 0 Å². The summed E-state index contributed by atoms with van der Waals surface area (Å²) in [5, 5.41) is 10.5. The molecular weight excluding hydrogens is 334 g/mol. The zero-order valence-electron chi connectivity index (χ0n) is 14.2. The number of anilines is 2. The first-order valence-corrected chi connectivity index (χ1v) is 9.36. The first-order valence-electron chi connectivity index (χ1n) is 8.48. The van der Waals surface area contributed by atoms with Crippen molar-refractivity contribution in [3.63, 3.8) is 0 Å². The maximum absolute atomic E-state index is 4.80. The monoisotopic (exact) mass is 355 g/mol. The van der Waals surface area contributed by atoms with E-state index in [9.17, 15) is 0 Å². The molecule has 1 saturated heterocycles. The van der Waals surface area contributed by atoms with E-state index < -0.39 is 0 Å². The van der Waals surface area contributed by atoms with Crippen LogP contribution in [0.2, 0.25) is 0 Å². The van der Waals surface area contributed by atoms with Gasteiger partial charge in [0.1, 0.15) is 0 Å². The Morgan fingerprint density at radius 3 is 3.04 bits per heavy atom. The Bertz CT molecular complexity index is 813. The van der Waals surface area contributed by atoms with Gasteiger partial charge in [0.05, 0.1) is 24.1 Å². The maximum Gasteiger partial charge on any atom is 0.188 e. The second-order valence-electron chi connectivity index (χ2n) is 6.30. The number of thiazole rings is 1. The standard InChI is InChI=1S/C17H21N7S/c1-23-10-13(8-20-23)11-24-7-3-2-4-15(24)14-12-25-17(21-14)22-16-9-18-5-6-19-16/h5-6,8-10,12,15H,2-4,7,11H2,1H3,(H,19,21,22)/t15-/m0/s1. The van der Waals surface area contributed by atoms with Crippen LogP contribution in [0, 0.1) is 0 Å². The van der Waals surface area contributed by atoms with Gasteiger partial charge in [-0.05, 0) is 19.4 Å². The summed E-state index contributed by atoms with van der Waals surface area (Å²) in [5.74, 6) is 0.722. The lowest BCUT2D eigenvalue weighted by molar-refractivity contribution is 0.138. The van der Waals surface area contributed by atoms with Gasteiger partial charge in [-0.25, -0.2) is 9.97 Å². The van der Waals surface area contributed by atoms with Crippen LogP contribution in [-0.2, 0) is 13.6 Å². The topological polar surface area (TPSA) is 71.8 Å². The average molecular weight is 355 g/mol. The number of piperidine rings is 1. The van der Waals surface area contributed by atoms with Gasteiger partial charge in [0.2, 0.25) is 0 Å². The Hall–Kier alpha value is -2.32. The summed E-state index contributed by atoms with van der Waals surface area (Å²) in [6.45, 7) is 2.02. The predicted molar refractivity (Wildman–Crippen MR) is 97.6 cm³/mol. The SMILES string of the molecule is Cn1cc(CN2CCCC[C@H]2c2csc(Nc3cnccn3)n2)cn1. The summed E-state index contributed by atoms with van der Waals surface area (Å²) >= 11 is 1.62. The molecule has 4 rings (SSSR count). The van der Waals surface area contributed by atoms with Gasteiger partial charge < -0.3 is 5.32 Å². The fourth-order valence-electron chi connectivity index (χ4n) is 3.27. The van der Waals surface area contributed by atoms with Gasteiger partial charge in [0, 0.05) is 43.1 Å². The molecule has 0 aliphatic carbocycles. The van der Waals surface area contributed by atoms with Crippen molar-refractivity contribution in [2.45, 2.75) is 31.8 Å². The summed E-state index contributed by atoms with van der Waals surface area (Å²) < 4.78 is 1.86. The molecule has 4 heterocycles. The third kappa shape index (κ3) is 3.85. The van der Waals surface area contributed by atoms with Crippen LogP contribution in [0.3, 0.4) is 0 Å². The highest BCUT2D eigenvalue weighted by Gasteiger charge is 2.26. The largest absolute Gasteiger partial charge is 0.315 e. The highest BCUT2D eigenvalue weighted by Crippen LogP contribution is 2.34. The van der Waals surface area contributed by atoms with Crippen molar-refractivity contribution in [2.75, 3.05) is 11.9 Å². The van der Waals surface area contributed by atoms with Crippen LogP contribution in [0.1, 0.15) is 36.6 Å². The van der Waals surface area contributed by atoms with E-state index in [4.69, 9.17) is 4.98 Å². The molecule has 0 saturated carbocycles. The second kappa shape index (κ2) is 7.28. The molecule has 7 nitrogen and oxygen atoms in total. The van der Waals surface area contributed by atoms with E-state index in [-0.39, 0.29) is 0 Å². The first kappa shape index (κ1) is 16.2. The van der Waals surface area contributed by atoms with Crippen LogP contribution in [0.15, 0.2) is 36.4 Å². The number of aryl methyl sites for hydroxylation is 1. The highest BCUT2D eigenvalue weighted by molar-refractivity contribution is 7.13. The van der Waals surface area contributed by atoms with Crippen LogP contribution >= 0.6 is 11.3 Å². The molecule has 1 atom stereocenters. The molecule has 1 N–H and O–H groups in total. The third-order valence-corrected chi connectivity index (χ3v) is 5.20.